The third-order valence-electron chi connectivity index (χ3n) is 4.52. The van der Waals surface area contributed by atoms with Gasteiger partial charge in [-0.2, -0.15) is 0 Å². The molecule has 0 radical (unpaired) electrons. The summed E-state index contributed by atoms with van der Waals surface area (Å²) < 4.78 is 0. The summed E-state index contributed by atoms with van der Waals surface area (Å²) in [5.74, 6) is -0.0777. The topological polar surface area (TPSA) is 66.4 Å². The van der Waals surface area contributed by atoms with E-state index in [1.165, 1.54) is 12.4 Å². The lowest BCUT2D eigenvalue weighted by Gasteiger charge is -2.31. The smallest absolute Gasteiger partial charge is 0.274 e. The van der Waals surface area contributed by atoms with E-state index in [0.29, 0.717) is 31.7 Å². The molecule has 0 aliphatic carbocycles. The van der Waals surface area contributed by atoms with Crippen molar-refractivity contribution in [3.63, 3.8) is 0 Å². The summed E-state index contributed by atoms with van der Waals surface area (Å²) in [6.07, 6.45) is 5.64. The Morgan fingerprint density at radius 3 is 2.72 bits per heavy atom. The highest BCUT2D eigenvalue weighted by atomic mass is 16.2. The van der Waals surface area contributed by atoms with Gasteiger partial charge in [-0.05, 0) is 12.0 Å². The largest absolute Gasteiger partial charge is 0.335 e. The van der Waals surface area contributed by atoms with Crippen molar-refractivity contribution in [2.75, 3.05) is 13.1 Å². The SMILES string of the molecule is CC[C@H]1CN(C(=O)c2cnccn2)CCC(=O)N1Cc1ccccc1. The van der Waals surface area contributed by atoms with Gasteiger partial charge in [0.1, 0.15) is 5.69 Å². The first-order valence-electron chi connectivity index (χ1n) is 8.57. The van der Waals surface area contributed by atoms with Gasteiger partial charge in [-0.1, -0.05) is 37.3 Å². The van der Waals surface area contributed by atoms with E-state index in [1.54, 1.807) is 11.1 Å². The highest BCUT2D eigenvalue weighted by molar-refractivity contribution is 5.92. The average molecular weight is 338 g/mol. The Labute approximate surface area is 147 Å². The predicted octanol–water partition coefficient (Wildman–Crippen LogP) is 2.13. The van der Waals surface area contributed by atoms with Crippen LogP contribution in [0.1, 0.15) is 35.8 Å². The number of rotatable bonds is 4. The third-order valence-corrected chi connectivity index (χ3v) is 4.52. The van der Waals surface area contributed by atoms with E-state index < -0.39 is 0 Å². The van der Waals surface area contributed by atoms with Crippen LogP contribution in [-0.2, 0) is 11.3 Å². The molecule has 1 saturated heterocycles. The summed E-state index contributed by atoms with van der Waals surface area (Å²) in [6.45, 7) is 3.55. The molecule has 0 N–H and O–H groups in total. The number of amides is 2. The predicted molar refractivity (Wildman–Crippen MR) is 93.6 cm³/mol. The Hall–Kier alpha value is -2.76. The van der Waals surface area contributed by atoms with Crippen molar-refractivity contribution in [1.82, 2.24) is 19.8 Å². The fourth-order valence-corrected chi connectivity index (χ4v) is 3.12. The van der Waals surface area contributed by atoms with Gasteiger partial charge < -0.3 is 9.80 Å². The van der Waals surface area contributed by atoms with Crippen LogP contribution in [0.5, 0.6) is 0 Å². The molecule has 1 aliphatic heterocycles. The van der Waals surface area contributed by atoms with Crippen molar-refractivity contribution < 1.29 is 9.59 Å². The zero-order valence-corrected chi connectivity index (χ0v) is 14.3. The lowest BCUT2D eigenvalue weighted by atomic mass is 10.1. The standard InChI is InChI=1S/C19H22N4O2/c1-2-16-14-22(19(25)17-12-20-9-10-21-17)11-8-18(24)23(16)13-15-6-4-3-5-7-15/h3-7,9-10,12,16H,2,8,11,13-14H2,1H3/t16-/m0/s1. The molecule has 0 spiro atoms. The second kappa shape index (κ2) is 7.88. The maximum atomic E-state index is 12.7. The van der Waals surface area contributed by atoms with Gasteiger partial charge in [0.05, 0.1) is 6.20 Å². The van der Waals surface area contributed by atoms with Crippen molar-refractivity contribution in [1.29, 1.82) is 0 Å². The molecule has 0 saturated carbocycles. The molecule has 2 amide bonds. The van der Waals surface area contributed by atoms with E-state index in [4.69, 9.17) is 0 Å². The summed E-state index contributed by atoms with van der Waals surface area (Å²) in [7, 11) is 0. The molecule has 6 heteroatoms. The number of nitrogens with zero attached hydrogens (tertiary/aromatic N) is 4. The minimum atomic E-state index is -0.166. The first-order valence-corrected chi connectivity index (χ1v) is 8.57. The molecule has 25 heavy (non-hydrogen) atoms. The molecule has 1 aliphatic rings. The van der Waals surface area contributed by atoms with Crippen molar-refractivity contribution in [3.05, 3.63) is 60.2 Å². The van der Waals surface area contributed by atoms with Crippen molar-refractivity contribution in [2.45, 2.75) is 32.4 Å². The van der Waals surface area contributed by atoms with Crippen LogP contribution in [-0.4, -0.2) is 50.7 Å². The summed E-state index contributed by atoms with van der Waals surface area (Å²) >= 11 is 0. The van der Waals surface area contributed by atoms with E-state index in [0.717, 1.165) is 12.0 Å². The maximum absolute atomic E-state index is 12.7. The number of hydrogen-bond acceptors (Lipinski definition) is 4. The van der Waals surface area contributed by atoms with E-state index in [1.807, 2.05) is 42.2 Å². The lowest BCUT2D eigenvalue weighted by molar-refractivity contribution is -0.133. The number of carbonyl (C=O) groups is 2. The average Bonchev–Trinajstić information content (AvgIpc) is 2.82. The van der Waals surface area contributed by atoms with Crippen LogP contribution in [0.4, 0.5) is 0 Å². The van der Waals surface area contributed by atoms with Gasteiger partial charge >= 0.3 is 0 Å². The minimum Gasteiger partial charge on any atom is -0.335 e. The third kappa shape index (κ3) is 4.02. The van der Waals surface area contributed by atoms with Crippen molar-refractivity contribution in [2.24, 2.45) is 0 Å². The van der Waals surface area contributed by atoms with E-state index in [9.17, 15) is 9.59 Å². The monoisotopic (exact) mass is 338 g/mol. The van der Waals surface area contributed by atoms with Gasteiger partial charge in [-0.3, -0.25) is 14.6 Å². The van der Waals surface area contributed by atoms with Crippen LogP contribution < -0.4 is 0 Å². The van der Waals surface area contributed by atoms with Gasteiger partial charge in [0.2, 0.25) is 5.91 Å². The zero-order chi connectivity index (χ0) is 17.6. The minimum absolute atomic E-state index is 0.00386. The van der Waals surface area contributed by atoms with Gasteiger partial charge in [-0.25, -0.2) is 4.98 Å². The molecule has 0 bridgehead atoms. The van der Waals surface area contributed by atoms with Crippen LogP contribution in [0.2, 0.25) is 0 Å². The normalized spacial score (nSPS) is 18.1. The molecule has 2 heterocycles. The summed E-state index contributed by atoms with van der Waals surface area (Å²) in [5, 5.41) is 0. The Morgan fingerprint density at radius 2 is 2.04 bits per heavy atom. The van der Waals surface area contributed by atoms with E-state index in [-0.39, 0.29) is 17.9 Å². The molecule has 0 unspecified atom stereocenters. The van der Waals surface area contributed by atoms with Crippen LogP contribution in [0.15, 0.2) is 48.9 Å². The van der Waals surface area contributed by atoms with Crippen molar-refractivity contribution >= 4 is 11.8 Å². The fourth-order valence-electron chi connectivity index (χ4n) is 3.12. The quantitative estimate of drug-likeness (QED) is 0.856. The number of benzene rings is 1. The van der Waals surface area contributed by atoms with E-state index in [2.05, 4.69) is 9.97 Å². The summed E-state index contributed by atoms with van der Waals surface area (Å²) in [6, 6.07) is 9.95. The van der Waals surface area contributed by atoms with Gasteiger partial charge in [0.25, 0.3) is 5.91 Å². The van der Waals surface area contributed by atoms with Gasteiger partial charge in [-0.15, -0.1) is 0 Å². The first kappa shape index (κ1) is 17.1. The molecule has 2 aromatic rings. The second-order valence-electron chi connectivity index (χ2n) is 6.16. The number of carbonyl (C=O) groups excluding carboxylic acids is 2. The summed E-state index contributed by atoms with van der Waals surface area (Å²) in [4.78, 5) is 37.0. The van der Waals surface area contributed by atoms with Gasteiger partial charge in [0, 0.05) is 44.5 Å². The molecule has 130 valence electrons. The highest BCUT2D eigenvalue weighted by Gasteiger charge is 2.31. The molecule has 1 aromatic heterocycles. The lowest BCUT2D eigenvalue weighted by Crippen LogP contribution is -2.43. The Kier molecular flexibility index (Phi) is 5.38. The number of aromatic nitrogens is 2. The van der Waals surface area contributed by atoms with Crippen molar-refractivity contribution in [3.8, 4) is 0 Å². The second-order valence-corrected chi connectivity index (χ2v) is 6.16. The first-order chi connectivity index (χ1) is 12.2. The maximum Gasteiger partial charge on any atom is 0.274 e. The van der Waals surface area contributed by atoms with Crippen LogP contribution in [0, 0.1) is 0 Å². The molecular weight excluding hydrogens is 316 g/mol. The fraction of sp³-hybridized carbons (Fsp3) is 0.368. The number of hydrogen-bond donors (Lipinski definition) is 0. The molecular formula is C19H22N4O2. The molecule has 1 atom stereocenters. The van der Waals surface area contributed by atoms with Gasteiger partial charge in [0.15, 0.2) is 0 Å². The Bertz CT molecular complexity index is 721. The van der Waals surface area contributed by atoms with Crippen LogP contribution >= 0.6 is 0 Å². The molecule has 1 aromatic carbocycles. The zero-order valence-electron chi connectivity index (χ0n) is 14.3. The van der Waals surface area contributed by atoms with E-state index >= 15 is 0 Å². The molecule has 6 nitrogen and oxygen atoms in total. The molecule has 1 fully saturated rings. The Balaban J connectivity index is 1.77. The summed E-state index contributed by atoms with van der Waals surface area (Å²) in [5.41, 5.74) is 1.42. The Morgan fingerprint density at radius 1 is 1.24 bits per heavy atom. The van der Waals surface area contributed by atoms with Crippen LogP contribution in [0.3, 0.4) is 0 Å². The highest BCUT2D eigenvalue weighted by Crippen LogP contribution is 2.18. The van der Waals surface area contributed by atoms with Crippen LogP contribution in [0.25, 0.3) is 0 Å². The molecule has 3 rings (SSSR count).